The first-order chi connectivity index (χ1) is 16.3. The van der Waals surface area contributed by atoms with E-state index in [0.717, 1.165) is 39.6 Å². The third-order valence-corrected chi connectivity index (χ3v) is 6.95. The molecular formula is C27H24ClFN4S. The van der Waals surface area contributed by atoms with Gasteiger partial charge < -0.3 is 14.8 Å². The molecule has 4 nitrogen and oxygen atoms in total. The summed E-state index contributed by atoms with van der Waals surface area (Å²) in [5.74, 6) is -0.283. The van der Waals surface area contributed by atoms with Gasteiger partial charge in [-0.05, 0) is 98.7 Å². The number of thiocarbonyl (C=S) groups is 1. The number of hydrogen-bond acceptors (Lipinski definition) is 2. The van der Waals surface area contributed by atoms with Gasteiger partial charge in [-0.3, -0.25) is 4.98 Å². The molecule has 2 aromatic carbocycles. The summed E-state index contributed by atoms with van der Waals surface area (Å²) in [4.78, 5) is 6.68. The van der Waals surface area contributed by atoms with E-state index < -0.39 is 0 Å². The number of aromatic nitrogens is 2. The molecule has 5 rings (SSSR count). The summed E-state index contributed by atoms with van der Waals surface area (Å²) in [6.45, 7) is 6.29. The fourth-order valence-electron chi connectivity index (χ4n) is 4.83. The van der Waals surface area contributed by atoms with Crippen LogP contribution in [-0.2, 0) is 0 Å². The first-order valence-corrected chi connectivity index (χ1v) is 11.9. The van der Waals surface area contributed by atoms with E-state index in [4.69, 9.17) is 23.8 Å². The van der Waals surface area contributed by atoms with Crippen LogP contribution < -0.4 is 10.2 Å². The van der Waals surface area contributed by atoms with Gasteiger partial charge >= 0.3 is 0 Å². The summed E-state index contributed by atoms with van der Waals surface area (Å²) in [5.41, 5.74) is 7.19. The van der Waals surface area contributed by atoms with Crippen molar-refractivity contribution >= 4 is 34.6 Å². The van der Waals surface area contributed by atoms with Crippen LogP contribution in [0.25, 0.3) is 5.69 Å². The van der Waals surface area contributed by atoms with Crippen LogP contribution in [-0.4, -0.2) is 14.7 Å². The molecule has 0 spiro atoms. The molecule has 0 saturated carbocycles. The molecule has 3 heterocycles. The standard InChI is InChI=1S/C27H24ClFN4S/c1-16-7-8-19(28)15-24(16)32-17(2)14-22(18(32)3)26-25(23-6-4-5-13-30-23)31-27(34)33(26)21-11-9-20(29)10-12-21/h4-15,25-26H,1-3H3,(H,31,34)/t25-,26+/m1/s1. The van der Waals surface area contributed by atoms with Gasteiger partial charge in [-0.25, -0.2) is 4.39 Å². The molecule has 0 bridgehead atoms. The summed E-state index contributed by atoms with van der Waals surface area (Å²) in [7, 11) is 0. The zero-order valence-corrected chi connectivity index (χ0v) is 20.7. The molecule has 1 fully saturated rings. The monoisotopic (exact) mass is 490 g/mol. The van der Waals surface area contributed by atoms with Gasteiger partial charge in [0.2, 0.25) is 0 Å². The highest BCUT2D eigenvalue weighted by Gasteiger charge is 2.42. The molecule has 34 heavy (non-hydrogen) atoms. The van der Waals surface area contributed by atoms with Crippen LogP contribution in [0.5, 0.6) is 0 Å². The quantitative estimate of drug-likeness (QED) is 0.320. The molecule has 0 amide bonds. The Labute approximate surface area is 209 Å². The Kier molecular flexibility index (Phi) is 5.88. The van der Waals surface area contributed by atoms with Crippen molar-refractivity contribution in [1.82, 2.24) is 14.9 Å². The first kappa shape index (κ1) is 22.6. The van der Waals surface area contributed by atoms with Crippen LogP contribution >= 0.6 is 23.8 Å². The lowest BCUT2D eigenvalue weighted by Crippen LogP contribution is -2.29. The predicted molar refractivity (Wildman–Crippen MR) is 139 cm³/mol. The number of halogens is 2. The molecule has 0 unspecified atom stereocenters. The fraction of sp³-hybridized carbons (Fsp3) is 0.185. The van der Waals surface area contributed by atoms with E-state index in [2.05, 4.69) is 46.6 Å². The second-order valence-electron chi connectivity index (χ2n) is 8.57. The second kappa shape index (κ2) is 8.85. The van der Waals surface area contributed by atoms with E-state index in [-0.39, 0.29) is 17.9 Å². The predicted octanol–water partition coefficient (Wildman–Crippen LogP) is 6.77. The van der Waals surface area contributed by atoms with Crippen LogP contribution in [0.1, 0.15) is 40.3 Å². The molecule has 7 heteroatoms. The van der Waals surface area contributed by atoms with E-state index in [9.17, 15) is 4.39 Å². The van der Waals surface area contributed by atoms with Crippen LogP contribution in [0, 0.1) is 26.6 Å². The van der Waals surface area contributed by atoms with Gasteiger partial charge in [0.1, 0.15) is 5.82 Å². The van der Waals surface area contributed by atoms with Crippen LogP contribution in [0.4, 0.5) is 10.1 Å². The minimum absolute atomic E-state index is 0.173. The number of nitrogens with zero attached hydrogens (tertiary/aromatic N) is 3. The molecule has 1 saturated heterocycles. The number of benzene rings is 2. The summed E-state index contributed by atoms with van der Waals surface area (Å²) < 4.78 is 16.0. The Morgan fingerprint density at radius 1 is 1.00 bits per heavy atom. The fourth-order valence-corrected chi connectivity index (χ4v) is 5.34. The average Bonchev–Trinajstić information content (AvgIpc) is 3.32. The first-order valence-electron chi connectivity index (χ1n) is 11.1. The van der Waals surface area contributed by atoms with E-state index in [1.807, 2.05) is 36.4 Å². The van der Waals surface area contributed by atoms with Crippen molar-refractivity contribution in [1.29, 1.82) is 0 Å². The van der Waals surface area contributed by atoms with Crippen molar-refractivity contribution in [2.75, 3.05) is 4.90 Å². The lowest BCUT2D eigenvalue weighted by atomic mass is 9.96. The van der Waals surface area contributed by atoms with Gasteiger partial charge in [-0.2, -0.15) is 0 Å². The highest BCUT2D eigenvalue weighted by Crippen LogP contribution is 2.44. The van der Waals surface area contributed by atoms with E-state index in [0.29, 0.717) is 10.1 Å². The van der Waals surface area contributed by atoms with Crippen molar-refractivity contribution in [2.24, 2.45) is 0 Å². The molecule has 1 N–H and O–H groups in total. The SMILES string of the molecule is Cc1ccc(Cl)cc1-n1c(C)cc([C@H]2[C@@H](c3ccccn3)NC(=S)N2c2ccc(F)cc2)c1C. The topological polar surface area (TPSA) is 33.1 Å². The third-order valence-electron chi connectivity index (χ3n) is 6.40. The highest BCUT2D eigenvalue weighted by atomic mass is 35.5. The number of rotatable bonds is 4. The largest absolute Gasteiger partial charge is 0.351 e. The zero-order chi connectivity index (χ0) is 24.0. The zero-order valence-electron chi connectivity index (χ0n) is 19.1. The Hall–Kier alpha value is -3.22. The van der Waals surface area contributed by atoms with Gasteiger partial charge in [-0.1, -0.05) is 23.7 Å². The minimum Gasteiger partial charge on any atom is -0.351 e. The third kappa shape index (κ3) is 3.87. The molecule has 0 aliphatic carbocycles. The van der Waals surface area contributed by atoms with Crippen LogP contribution in [0.3, 0.4) is 0 Å². The molecule has 0 radical (unpaired) electrons. The second-order valence-corrected chi connectivity index (χ2v) is 9.39. The molecule has 1 aliphatic heterocycles. The van der Waals surface area contributed by atoms with Crippen molar-refractivity contribution < 1.29 is 4.39 Å². The summed E-state index contributed by atoms with van der Waals surface area (Å²) >= 11 is 12.1. The summed E-state index contributed by atoms with van der Waals surface area (Å²) in [6.07, 6.45) is 1.79. The van der Waals surface area contributed by atoms with Crippen molar-refractivity contribution in [2.45, 2.75) is 32.9 Å². The number of pyridine rings is 1. The maximum atomic E-state index is 13.7. The lowest BCUT2D eigenvalue weighted by Gasteiger charge is -2.28. The molecule has 2 atom stereocenters. The van der Waals surface area contributed by atoms with Gasteiger partial charge in [0.25, 0.3) is 0 Å². The van der Waals surface area contributed by atoms with Gasteiger partial charge in [0.05, 0.1) is 17.8 Å². The van der Waals surface area contributed by atoms with Crippen LogP contribution in [0.2, 0.25) is 5.02 Å². The Morgan fingerprint density at radius 3 is 2.47 bits per heavy atom. The number of aryl methyl sites for hydroxylation is 2. The van der Waals surface area contributed by atoms with E-state index in [1.54, 1.807) is 18.3 Å². The number of hydrogen-bond donors (Lipinski definition) is 1. The van der Waals surface area contributed by atoms with Crippen LogP contribution in [0.15, 0.2) is 72.9 Å². The average molecular weight is 491 g/mol. The van der Waals surface area contributed by atoms with Gasteiger partial charge in [-0.15, -0.1) is 0 Å². The van der Waals surface area contributed by atoms with Crippen molar-refractivity contribution in [3.63, 3.8) is 0 Å². The van der Waals surface area contributed by atoms with E-state index >= 15 is 0 Å². The number of nitrogens with one attached hydrogen (secondary N) is 1. The maximum Gasteiger partial charge on any atom is 0.174 e. The summed E-state index contributed by atoms with van der Waals surface area (Å²) in [6, 6.07) is 20.1. The normalized spacial score (nSPS) is 17.8. The molecule has 2 aromatic heterocycles. The Bertz CT molecular complexity index is 1370. The molecule has 1 aliphatic rings. The molecule has 172 valence electrons. The molecular weight excluding hydrogens is 467 g/mol. The van der Waals surface area contributed by atoms with Gasteiger partial charge in [0.15, 0.2) is 5.11 Å². The smallest absolute Gasteiger partial charge is 0.174 e. The highest BCUT2D eigenvalue weighted by molar-refractivity contribution is 7.80. The molecule has 4 aromatic rings. The van der Waals surface area contributed by atoms with E-state index in [1.165, 1.54) is 12.1 Å². The Morgan fingerprint density at radius 2 is 1.76 bits per heavy atom. The van der Waals surface area contributed by atoms with Crippen molar-refractivity contribution in [3.8, 4) is 5.69 Å². The van der Waals surface area contributed by atoms with Crippen molar-refractivity contribution in [3.05, 3.63) is 112 Å². The minimum atomic E-state index is -0.283. The lowest BCUT2D eigenvalue weighted by molar-refractivity contribution is 0.565. The maximum absolute atomic E-state index is 13.7. The van der Waals surface area contributed by atoms with Gasteiger partial charge in [0, 0.05) is 34.0 Å². The summed E-state index contributed by atoms with van der Waals surface area (Å²) in [5, 5.41) is 4.74. The Balaban J connectivity index is 1.70. The number of anilines is 1.